The van der Waals surface area contributed by atoms with Crippen molar-refractivity contribution < 1.29 is 32.2 Å². The predicted octanol–water partition coefficient (Wildman–Crippen LogP) is 1.99. The third-order valence-electron chi connectivity index (χ3n) is 6.29. The summed E-state index contributed by atoms with van der Waals surface area (Å²) in [4.78, 5) is 26.9. The predicted molar refractivity (Wildman–Crippen MR) is 122 cm³/mol. The minimum Gasteiger partial charge on any atom is -0.493 e. The fourth-order valence-electron chi connectivity index (χ4n) is 4.45. The van der Waals surface area contributed by atoms with Gasteiger partial charge in [-0.3, -0.25) is 9.69 Å². The largest absolute Gasteiger partial charge is 0.493 e. The number of imide groups is 1. The Balaban J connectivity index is 1.54. The first-order valence-corrected chi connectivity index (χ1v) is 12.2. The number of hydrogen-bond donors (Lipinski definition) is 1. The fraction of sp³-hybridized carbons (Fsp3) is 0.391. The van der Waals surface area contributed by atoms with Crippen LogP contribution in [0.1, 0.15) is 18.4 Å². The number of hydrogen-bond acceptors (Lipinski definition) is 7. The molecule has 1 spiro atoms. The quantitative estimate of drug-likeness (QED) is 0.592. The van der Waals surface area contributed by atoms with Crippen LogP contribution in [-0.4, -0.2) is 69.5 Å². The Morgan fingerprint density at radius 2 is 1.56 bits per heavy atom. The molecule has 4 rings (SSSR count). The van der Waals surface area contributed by atoms with E-state index in [2.05, 4.69) is 5.32 Å². The minimum absolute atomic E-state index is 0.0430. The molecule has 3 amide bonds. The molecule has 34 heavy (non-hydrogen) atoms. The van der Waals surface area contributed by atoms with Crippen LogP contribution in [0.25, 0.3) is 0 Å². The van der Waals surface area contributed by atoms with Gasteiger partial charge in [0.1, 0.15) is 10.4 Å². The Labute approximate surface area is 198 Å². The SMILES string of the molecule is COc1ccc(S(=O)(=O)N2CCC3(CC2)NC(=O)N(Cc2ccccc2)C3=O)c(OC)c1OC. The molecule has 2 heterocycles. The molecule has 2 aromatic carbocycles. The number of piperidine rings is 1. The standard InChI is InChI=1S/C23H27N3O7S/c1-31-17-9-10-18(20(33-3)19(17)32-2)34(29,30)25-13-11-23(12-14-25)21(27)26(22(28)24-23)15-16-7-5-4-6-8-16/h4-10H,11-15H2,1-3H3,(H,24,28). The smallest absolute Gasteiger partial charge is 0.325 e. The summed E-state index contributed by atoms with van der Waals surface area (Å²) in [6.07, 6.45) is 0.329. The van der Waals surface area contributed by atoms with Gasteiger partial charge in [0.25, 0.3) is 5.91 Å². The molecule has 2 aliphatic rings. The molecule has 0 saturated carbocycles. The van der Waals surface area contributed by atoms with Gasteiger partial charge in [-0.05, 0) is 30.5 Å². The fourth-order valence-corrected chi connectivity index (χ4v) is 6.04. The van der Waals surface area contributed by atoms with Crippen molar-refractivity contribution in [3.8, 4) is 17.2 Å². The number of amides is 3. The van der Waals surface area contributed by atoms with Crippen molar-refractivity contribution in [3.05, 3.63) is 48.0 Å². The van der Waals surface area contributed by atoms with Crippen molar-refractivity contribution in [2.75, 3.05) is 34.4 Å². The molecule has 0 aliphatic carbocycles. The lowest BCUT2D eigenvalue weighted by molar-refractivity contribution is -0.133. The van der Waals surface area contributed by atoms with E-state index in [-0.39, 0.29) is 54.8 Å². The lowest BCUT2D eigenvalue weighted by Gasteiger charge is -2.36. The van der Waals surface area contributed by atoms with Crippen LogP contribution in [0, 0.1) is 0 Å². The molecule has 1 N–H and O–H groups in total. The summed E-state index contributed by atoms with van der Waals surface area (Å²) in [5.74, 6) is 0.228. The molecule has 2 aliphatic heterocycles. The highest BCUT2D eigenvalue weighted by Crippen LogP contribution is 2.43. The number of carbonyl (C=O) groups excluding carboxylic acids is 2. The number of urea groups is 1. The second kappa shape index (κ2) is 9.15. The zero-order valence-corrected chi connectivity index (χ0v) is 20.1. The third-order valence-corrected chi connectivity index (χ3v) is 8.21. The van der Waals surface area contributed by atoms with Crippen molar-refractivity contribution in [3.63, 3.8) is 0 Å². The molecule has 2 fully saturated rings. The highest BCUT2D eigenvalue weighted by atomic mass is 32.2. The highest BCUT2D eigenvalue weighted by molar-refractivity contribution is 7.89. The Morgan fingerprint density at radius 1 is 0.912 bits per heavy atom. The molecule has 0 bridgehead atoms. The Hall–Kier alpha value is -3.31. The molecule has 0 atom stereocenters. The van der Waals surface area contributed by atoms with Gasteiger partial charge >= 0.3 is 6.03 Å². The number of sulfonamides is 1. The van der Waals surface area contributed by atoms with Crippen molar-refractivity contribution >= 4 is 22.0 Å². The number of ether oxygens (including phenoxy) is 3. The summed E-state index contributed by atoms with van der Waals surface area (Å²) in [5, 5.41) is 2.81. The first kappa shape index (κ1) is 23.8. The van der Waals surface area contributed by atoms with Crippen LogP contribution in [0.4, 0.5) is 4.79 Å². The average molecular weight is 490 g/mol. The van der Waals surface area contributed by atoms with Crippen LogP contribution in [0.3, 0.4) is 0 Å². The monoisotopic (exact) mass is 489 g/mol. The van der Waals surface area contributed by atoms with Crippen LogP contribution in [0.15, 0.2) is 47.4 Å². The lowest BCUT2D eigenvalue weighted by atomic mass is 9.88. The number of methoxy groups -OCH3 is 3. The normalized spacial score (nSPS) is 18.1. The highest BCUT2D eigenvalue weighted by Gasteiger charge is 2.53. The average Bonchev–Trinajstić information content (AvgIpc) is 3.07. The molecule has 182 valence electrons. The summed E-state index contributed by atoms with van der Waals surface area (Å²) in [7, 11) is 0.238. The zero-order valence-electron chi connectivity index (χ0n) is 19.2. The van der Waals surface area contributed by atoms with E-state index in [1.165, 1.54) is 42.7 Å². The van der Waals surface area contributed by atoms with E-state index in [0.717, 1.165) is 5.56 Å². The van der Waals surface area contributed by atoms with Crippen LogP contribution < -0.4 is 19.5 Å². The first-order chi connectivity index (χ1) is 16.3. The lowest BCUT2D eigenvalue weighted by Crippen LogP contribution is -2.55. The van der Waals surface area contributed by atoms with Crippen molar-refractivity contribution in [1.82, 2.24) is 14.5 Å². The first-order valence-electron chi connectivity index (χ1n) is 10.7. The van der Waals surface area contributed by atoms with Gasteiger partial charge in [-0.2, -0.15) is 4.31 Å². The molecule has 11 heteroatoms. The number of carbonyl (C=O) groups is 2. The van der Waals surface area contributed by atoms with Crippen molar-refractivity contribution in [2.24, 2.45) is 0 Å². The summed E-state index contributed by atoms with van der Waals surface area (Å²) in [5.41, 5.74) is -0.275. The molecule has 10 nitrogen and oxygen atoms in total. The van der Waals surface area contributed by atoms with E-state index in [9.17, 15) is 18.0 Å². The molecule has 0 radical (unpaired) electrons. The molecule has 2 saturated heterocycles. The summed E-state index contributed by atoms with van der Waals surface area (Å²) < 4.78 is 44.1. The van der Waals surface area contributed by atoms with Crippen LogP contribution in [-0.2, 0) is 21.4 Å². The van der Waals surface area contributed by atoms with E-state index in [4.69, 9.17) is 14.2 Å². The molecular formula is C23H27N3O7S. The Bertz CT molecular complexity index is 1190. The second-order valence-electron chi connectivity index (χ2n) is 8.13. The molecular weight excluding hydrogens is 462 g/mol. The molecule has 2 aromatic rings. The van der Waals surface area contributed by atoms with E-state index in [1.807, 2.05) is 30.3 Å². The van der Waals surface area contributed by atoms with Gasteiger partial charge in [0.05, 0.1) is 27.9 Å². The van der Waals surface area contributed by atoms with Crippen LogP contribution >= 0.6 is 0 Å². The third kappa shape index (κ3) is 3.94. The van der Waals surface area contributed by atoms with E-state index in [0.29, 0.717) is 5.75 Å². The Kier molecular flexibility index (Phi) is 6.41. The zero-order chi connectivity index (χ0) is 24.5. The molecule has 0 aromatic heterocycles. The van der Waals surface area contributed by atoms with Gasteiger partial charge in [0, 0.05) is 13.1 Å². The van der Waals surface area contributed by atoms with Crippen LogP contribution in [0.2, 0.25) is 0 Å². The van der Waals surface area contributed by atoms with Crippen molar-refractivity contribution in [1.29, 1.82) is 0 Å². The van der Waals surface area contributed by atoms with Crippen LogP contribution in [0.5, 0.6) is 17.2 Å². The minimum atomic E-state index is -3.97. The maximum atomic E-state index is 13.5. The van der Waals surface area contributed by atoms with Gasteiger partial charge in [-0.15, -0.1) is 0 Å². The van der Waals surface area contributed by atoms with Crippen molar-refractivity contribution in [2.45, 2.75) is 29.8 Å². The summed E-state index contributed by atoms with van der Waals surface area (Å²) >= 11 is 0. The second-order valence-corrected chi connectivity index (χ2v) is 10.0. The summed E-state index contributed by atoms with van der Waals surface area (Å²) in [6.45, 7) is 0.286. The van der Waals surface area contributed by atoms with E-state index >= 15 is 0 Å². The van der Waals surface area contributed by atoms with Gasteiger partial charge in [0.2, 0.25) is 15.8 Å². The van der Waals surface area contributed by atoms with Gasteiger partial charge in [0.15, 0.2) is 11.5 Å². The summed E-state index contributed by atoms with van der Waals surface area (Å²) in [6, 6.07) is 11.7. The number of nitrogens with zero attached hydrogens (tertiary/aromatic N) is 2. The van der Waals surface area contributed by atoms with Gasteiger partial charge < -0.3 is 19.5 Å². The van der Waals surface area contributed by atoms with Gasteiger partial charge in [-0.1, -0.05) is 30.3 Å². The maximum absolute atomic E-state index is 13.5. The topological polar surface area (TPSA) is 114 Å². The maximum Gasteiger partial charge on any atom is 0.325 e. The molecule has 0 unspecified atom stereocenters. The van der Waals surface area contributed by atoms with E-state index in [1.54, 1.807) is 0 Å². The number of benzene rings is 2. The number of nitrogens with one attached hydrogen (secondary N) is 1. The number of rotatable bonds is 7. The van der Waals surface area contributed by atoms with E-state index < -0.39 is 21.6 Å². The Morgan fingerprint density at radius 3 is 2.15 bits per heavy atom. The van der Waals surface area contributed by atoms with Gasteiger partial charge in [-0.25, -0.2) is 13.2 Å².